The van der Waals surface area contributed by atoms with Crippen molar-refractivity contribution in [2.75, 3.05) is 20.1 Å². The molecule has 0 amide bonds. The van der Waals surface area contributed by atoms with Gasteiger partial charge in [0.15, 0.2) is 5.58 Å². The molecule has 1 N–H and O–H groups in total. The van der Waals surface area contributed by atoms with Crippen molar-refractivity contribution in [3.63, 3.8) is 0 Å². The Kier molecular flexibility index (Phi) is 4.16. The Hall–Kier alpha value is -3.18. The third kappa shape index (κ3) is 2.96. The van der Waals surface area contributed by atoms with Crippen molar-refractivity contribution in [3.8, 4) is 23.1 Å². The van der Waals surface area contributed by atoms with Gasteiger partial charge in [-0.15, -0.1) is 10.2 Å². The van der Waals surface area contributed by atoms with Crippen molar-refractivity contribution in [3.05, 3.63) is 39.9 Å². The molecule has 1 aliphatic heterocycles. The number of aromatic hydroxyl groups is 1. The number of hydrogen-bond donors (Lipinski definition) is 1. The average Bonchev–Trinajstić information content (AvgIpc) is 2.96. The van der Waals surface area contributed by atoms with Gasteiger partial charge in [-0.25, -0.2) is 4.79 Å². The Labute approximate surface area is 155 Å². The van der Waals surface area contributed by atoms with Crippen LogP contribution in [0.15, 0.2) is 27.4 Å². The first-order valence-electron chi connectivity index (χ1n) is 8.79. The highest BCUT2D eigenvalue weighted by Gasteiger charge is 2.25. The SMILES string of the molecule is Cc1cc(C#N)cc(O)c1-c1cc2oc(=O)n(C3CCCN(C)C3)c2nn1. The first kappa shape index (κ1) is 17.2. The molecule has 0 bridgehead atoms. The standard InChI is InChI=1S/C19H19N5O3/c1-11-6-12(9-20)7-15(25)17(11)14-8-16-18(22-21-14)24(19(26)27-16)13-4-3-5-23(2)10-13/h6-8,13,25H,3-5,10H2,1-2H3. The number of likely N-dealkylation sites (tertiary alicyclic amines) is 1. The molecule has 27 heavy (non-hydrogen) atoms. The number of nitriles is 1. The molecule has 0 aliphatic carbocycles. The quantitative estimate of drug-likeness (QED) is 0.741. The highest BCUT2D eigenvalue weighted by molar-refractivity contribution is 5.78. The van der Waals surface area contributed by atoms with Crippen molar-refractivity contribution >= 4 is 11.2 Å². The van der Waals surface area contributed by atoms with Gasteiger partial charge in [0.05, 0.1) is 17.7 Å². The summed E-state index contributed by atoms with van der Waals surface area (Å²) in [5.41, 5.74) is 2.66. The molecule has 8 nitrogen and oxygen atoms in total. The van der Waals surface area contributed by atoms with Crippen LogP contribution in [0, 0.1) is 18.3 Å². The van der Waals surface area contributed by atoms with Gasteiger partial charge in [-0.3, -0.25) is 4.57 Å². The second-order valence-corrected chi connectivity index (χ2v) is 7.01. The van der Waals surface area contributed by atoms with Crippen LogP contribution in [0.5, 0.6) is 5.75 Å². The second-order valence-electron chi connectivity index (χ2n) is 7.01. The van der Waals surface area contributed by atoms with Crippen LogP contribution in [0.25, 0.3) is 22.5 Å². The van der Waals surface area contributed by atoms with Crippen LogP contribution in [-0.4, -0.2) is 44.9 Å². The summed E-state index contributed by atoms with van der Waals surface area (Å²) >= 11 is 0. The molecule has 0 radical (unpaired) electrons. The number of rotatable bonds is 2. The minimum absolute atomic E-state index is 0.00250. The normalized spacial score (nSPS) is 17.9. The third-order valence-electron chi connectivity index (χ3n) is 5.03. The van der Waals surface area contributed by atoms with E-state index in [1.165, 1.54) is 6.07 Å². The van der Waals surface area contributed by atoms with Gasteiger partial charge >= 0.3 is 5.76 Å². The van der Waals surface area contributed by atoms with Crippen molar-refractivity contribution in [2.24, 2.45) is 0 Å². The number of hydrogen-bond acceptors (Lipinski definition) is 7. The smallest absolute Gasteiger partial charge is 0.421 e. The van der Waals surface area contributed by atoms with E-state index in [0.29, 0.717) is 33.6 Å². The predicted molar refractivity (Wildman–Crippen MR) is 98.4 cm³/mol. The van der Waals surface area contributed by atoms with Crippen LogP contribution < -0.4 is 5.76 Å². The minimum atomic E-state index is -0.447. The highest BCUT2D eigenvalue weighted by atomic mass is 16.4. The summed E-state index contributed by atoms with van der Waals surface area (Å²) in [7, 11) is 2.03. The number of likely N-dealkylation sites (N-methyl/N-ethyl adjacent to an activating group) is 1. The van der Waals surface area contributed by atoms with Crippen LogP contribution in [0.2, 0.25) is 0 Å². The fourth-order valence-electron chi connectivity index (χ4n) is 3.80. The largest absolute Gasteiger partial charge is 0.507 e. The average molecular weight is 365 g/mol. The van der Waals surface area contributed by atoms with Crippen molar-refractivity contribution in [1.82, 2.24) is 19.7 Å². The molecular formula is C19H19N5O3. The molecule has 4 rings (SSSR count). The zero-order valence-corrected chi connectivity index (χ0v) is 15.1. The molecule has 0 saturated carbocycles. The Morgan fingerprint density at radius 3 is 2.85 bits per heavy atom. The monoisotopic (exact) mass is 365 g/mol. The first-order chi connectivity index (χ1) is 13.0. The third-order valence-corrected chi connectivity index (χ3v) is 5.03. The lowest BCUT2D eigenvalue weighted by Crippen LogP contribution is -2.36. The number of phenolic OH excluding ortho intramolecular Hbond substituents is 1. The van der Waals surface area contributed by atoms with E-state index in [1.807, 2.05) is 13.1 Å². The maximum atomic E-state index is 12.4. The highest BCUT2D eigenvalue weighted by Crippen LogP contribution is 2.33. The fraction of sp³-hybridized carbons (Fsp3) is 0.368. The lowest BCUT2D eigenvalue weighted by atomic mass is 10.0. The maximum absolute atomic E-state index is 12.4. The van der Waals surface area contributed by atoms with Gasteiger partial charge in [-0.1, -0.05) is 0 Å². The zero-order chi connectivity index (χ0) is 19.1. The lowest BCUT2D eigenvalue weighted by Gasteiger charge is -2.29. The lowest BCUT2D eigenvalue weighted by molar-refractivity contribution is 0.208. The number of benzene rings is 1. The Balaban J connectivity index is 1.81. The molecule has 1 fully saturated rings. The van der Waals surface area contributed by atoms with Gasteiger partial charge in [0.2, 0.25) is 5.65 Å². The molecule has 1 atom stereocenters. The van der Waals surface area contributed by atoms with Crippen LogP contribution in [0.1, 0.15) is 30.0 Å². The van der Waals surface area contributed by atoms with E-state index in [0.717, 1.165) is 25.9 Å². The van der Waals surface area contributed by atoms with Crippen LogP contribution in [-0.2, 0) is 0 Å². The van der Waals surface area contributed by atoms with Gasteiger partial charge in [0.25, 0.3) is 0 Å². The van der Waals surface area contributed by atoms with E-state index >= 15 is 0 Å². The molecule has 2 aromatic heterocycles. The van der Waals surface area contributed by atoms with E-state index in [-0.39, 0.29) is 11.8 Å². The molecule has 1 aromatic carbocycles. The number of piperidine rings is 1. The van der Waals surface area contributed by atoms with E-state index in [1.54, 1.807) is 23.6 Å². The number of fused-ring (bicyclic) bond motifs is 1. The second kappa shape index (κ2) is 6.52. The molecule has 0 spiro atoms. The predicted octanol–water partition coefficient (Wildman–Crippen LogP) is 2.20. The van der Waals surface area contributed by atoms with Gasteiger partial charge in [-0.2, -0.15) is 5.26 Å². The number of aryl methyl sites for hydroxylation is 1. The van der Waals surface area contributed by atoms with E-state index in [4.69, 9.17) is 9.68 Å². The van der Waals surface area contributed by atoms with E-state index < -0.39 is 5.76 Å². The maximum Gasteiger partial charge on any atom is 0.421 e. The zero-order valence-electron chi connectivity index (χ0n) is 15.1. The van der Waals surface area contributed by atoms with Crippen molar-refractivity contribution < 1.29 is 9.52 Å². The fourth-order valence-corrected chi connectivity index (χ4v) is 3.80. The number of oxazole rings is 1. The number of phenols is 1. The van der Waals surface area contributed by atoms with Crippen molar-refractivity contribution in [1.29, 1.82) is 5.26 Å². The number of aromatic nitrogens is 3. The summed E-state index contributed by atoms with van der Waals surface area (Å²) in [5.74, 6) is -0.506. The molecule has 1 aliphatic rings. The Morgan fingerprint density at radius 1 is 1.33 bits per heavy atom. The molecular weight excluding hydrogens is 346 g/mol. The Morgan fingerprint density at radius 2 is 2.15 bits per heavy atom. The van der Waals surface area contributed by atoms with Crippen molar-refractivity contribution in [2.45, 2.75) is 25.8 Å². The minimum Gasteiger partial charge on any atom is -0.507 e. The molecule has 138 valence electrons. The van der Waals surface area contributed by atoms with Gasteiger partial charge < -0.3 is 14.4 Å². The van der Waals surface area contributed by atoms with Crippen LogP contribution in [0.4, 0.5) is 0 Å². The topological polar surface area (TPSA) is 108 Å². The summed E-state index contributed by atoms with van der Waals surface area (Å²) in [4.78, 5) is 14.6. The summed E-state index contributed by atoms with van der Waals surface area (Å²) < 4.78 is 7.00. The van der Waals surface area contributed by atoms with Gasteiger partial charge in [-0.05, 0) is 51.1 Å². The molecule has 3 aromatic rings. The van der Waals surface area contributed by atoms with Gasteiger partial charge in [0, 0.05) is 18.2 Å². The summed E-state index contributed by atoms with van der Waals surface area (Å²) in [5, 5.41) is 27.8. The summed E-state index contributed by atoms with van der Waals surface area (Å²) in [6, 6.07) is 6.67. The first-order valence-corrected chi connectivity index (χ1v) is 8.79. The molecule has 1 unspecified atom stereocenters. The van der Waals surface area contributed by atoms with Crippen LogP contribution in [0.3, 0.4) is 0 Å². The molecule has 3 heterocycles. The van der Waals surface area contributed by atoms with E-state index in [2.05, 4.69) is 15.1 Å². The van der Waals surface area contributed by atoms with E-state index in [9.17, 15) is 9.90 Å². The molecule has 1 saturated heterocycles. The summed E-state index contributed by atoms with van der Waals surface area (Å²) in [6.07, 6.45) is 1.89. The van der Waals surface area contributed by atoms with Gasteiger partial charge in [0.1, 0.15) is 11.4 Å². The Bertz CT molecular complexity index is 1100. The summed E-state index contributed by atoms with van der Waals surface area (Å²) in [6.45, 7) is 3.54. The number of nitrogens with zero attached hydrogens (tertiary/aromatic N) is 5. The molecule has 8 heteroatoms. The van der Waals surface area contributed by atoms with Crippen LogP contribution >= 0.6 is 0 Å².